The molecule has 1 aromatic carbocycles. The number of nitrogens with zero attached hydrogens (tertiary/aromatic N) is 1. The largest absolute Gasteiger partial charge is 0.356 e. The minimum Gasteiger partial charge on any atom is -0.356 e. The van der Waals surface area contributed by atoms with E-state index in [9.17, 15) is 9.59 Å². The summed E-state index contributed by atoms with van der Waals surface area (Å²) in [6, 6.07) is 7.62. The molecule has 26 heavy (non-hydrogen) atoms. The summed E-state index contributed by atoms with van der Waals surface area (Å²) in [5.41, 5.74) is 0.857. The zero-order chi connectivity index (χ0) is 19.2. The fourth-order valence-corrected chi connectivity index (χ4v) is 3.25. The zero-order valence-corrected chi connectivity index (χ0v) is 16.7. The van der Waals surface area contributed by atoms with Gasteiger partial charge in [-0.1, -0.05) is 23.7 Å². The number of hydrogen-bond donors (Lipinski definition) is 2. The van der Waals surface area contributed by atoms with E-state index >= 15 is 0 Å². The molecule has 1 fully saturated rings. The van der Waals surface area contributed by atoms with Crippen molar-refractivity contribution in [3.05, 3.63) is 34.9 Å². The van der Waals surface area contributed by atoms with Crippen LogP contribution < -0.4 is 10.6 Å². The van der Waals surface area contributed by atoms with Gasteiger partial charge in [0.25, 0.3) is 0 Å². The molecule has 0 saturated carbocycles. The summed E-state index contributed by atoms with van der Waals surface area (Å²) in [6.07, 6.45) is 3.00. The molecule has 2 N–H and O–H groups in total. The van der Waals surface area contributed by atoms with Gasteiger partial charge in [-0.15, -0.1) is 0 Å². The van der Waals surface area contributed by atoms with Crippen LogP contribution in [-0.4, -0.2) is 42.0 Å². The van der Waals surface area contributed by atoms with E-state index in [0.717, 1.165) is 31.5 Å². The Morgan fingerprint density at radius 2 is 1.92 bits per heavy atom. The van der Waals surface area contributed by atoms with Crippen molar-refractivity contribution < 1.29 is 9.59 Å². The first-order valence-electron chi connectivity index (χ1n) is 9.31. The molecule has 0 atom stereocenters. The molecule has 0 unspecified atom stereocenters. The van der Waals surface area contributed by atoms with Crippen LogP contribution >= 0.6 is 11.6 Å². The van der Waals surface area contributed by atoms with Crippen molar-refractivity contribution in [1.29, 1.82) is 0 Å². The second kappa shape index (κ2) is 9.26. The number of halogens is 1. The molecule has 0 aromatic heterocycles. The highest BCUT2D eigenvalue weighted by atomic mass is 35.5. The van der Waals surface area contributed by atoms with Crippen LogP contribution in [-0.2, 0) is 11.2 Å². The normalized spacial score (nSPS) is 15.6. The van der Waals surface area contributed by atoms with Gasteiger partial charge in [-0.25, -0.2) is 4.79 Å². The summed E-state index contributed by atoms with van der Waals surface area (Å²) in [5, 5.41) is 6.73. The summed E-state index contributed by atoms with van der Waals surface area (Å²) < 4.78 is 0. The lowest BCUT2D eigenvalue weighted by molar-refractivity contribution is -0.121. The molecule has 1 aromatic rings. The summed E-state index contributed by atoms with van der Waals surface area (Å²) in [4.78, 5) is 26.1. The molecular weight excluding hydrogens is 350 g/mol. The average Bonchev–Trinajstić information content (AvgIpc) is 2.57. The van der Waals surface area contributed by atoms with Gasteiger partial charge in [-0.2, -0.15) is 0 Å². The lowest BCUT2D eigenvalue weighted by Gasteiger charge is -2.34. The fraction of sp³-hybridized carbons (Fsp3) is 0.600. The highest BCUT2D eigenvalue weighted by molar-refractivity contribution is 6.30. The number of benzene rings is 1. The molecular formula is C20H30ClN3O2. The molecule has 0 bridgehead atoms. The highest BCUT2D eigenvalue weighted by Crippen LogP contribution is 2.17. The number of nitrogens with one attached hydrogen (secondary N) is 2. The van der Waals surface area contributed by atoms with Crippen LogP contribution in [0.15, 0.2) is 24.3 Å². The molecule has 1 aliphatic rings. The SMILES string of the molecule is CC(C)(C)NC(=O)N1CCC(CNC(=O)CCc2cccc(Cl)c2)CC1. The van der Waals surface area contributed by atoms with Crippen LogP contribution in [0.1, 0.15) is 45.6 Å². The van der Waals surface area contributed by atoms with Crippen LogP contribution in [0.2, 0.25) is 5.02 Å². The first-order valence-corrected chi connectivity index (χ1v) is 9.69. The van der Waals surface area contributed by atoms with Crippen molar-refractivity contribution in [3.63, 3.8) is 0 Å². The van der Waals surface area contributed by atoms with Crippen LogP contribution in [0.3, 0.4) is 0 Å². The Kier molecular flexibility index (Phi) is 7.33. The number of hydrogen-bond acceptors (Lipinski definition) is 2. The maximum absolute atomic E-state index is 12.2. The summed E-state index contributed by atoms with van der Waals surface area (Å²) in [7, 11) is 0. The summed E-state index contributed by atoms with van der Waals surface area (Å²) in [5.74, 6) is 0.502. The van der Waals surface area contributed by atoms with E-state index in [-0.39, 0.29) is 17.5 Å². The van der Waals surface area contributed by atoms with E-state index in [0.29, 0.717) is 30.3 Å². The number of rotatable bonds is 5. The standard InChI is InChI=1S/C20H30ClN3O2/c1-20(2,3)23-19(26)24-11-9-16(10-12-24)14-22-18(25)8-7-15-5-4-6-17(21)13-15/h4-6,13,16H,7-12,14H2,1-3H3,(H,22,25)(H,23,26). The highest BCUT2D eigenvalue weighted by Gasteiger charge is 2.25. The number of piperidine rings is 1. The predicted molar refractivity (Wildman–Crippen MR) is 105 cm³/mol. The van der Waals surface area contributed by atoms with Gasteiger partial charge >= 0.3 is 6.03 Å². The minimum absolute atomic E-state index is 0.00140. The number of amides is 3. The number of carbonyl (C=O) groups is 2. The van der Waals surface area contributed by atoms with Gasteiger partial charge in [0.1, 0.15) is 0 Å². The molecule has 1 aliphatic heterocycles. The Morgan fingerprint density at radius 1 is 1.23 bits per heavy atom. The molecule has 0 aliphatic carbocycles. The quantitative estimate of drug-likeness (QED) is 0.820. The van der Waals surface area contributed by atoms with Crippen LogP contribution in [0.25, 0.3) is 0 Å². The Bertz CT molecular complexity index is 620. The molecule has 6 heteroatoms. The van der Waals surface area contributed by atoms with Crippen LogP contribution in [0.5, 0.6) is 0 Å². The van der Waals surface area contributed by atoms with Crippen LogP contribution in [0.4, 0.5) is 4.79 Å². The second-order valence-electron chi connectivity index (χ2n) is 8.04. The molecule has 3 amide bonds. The lowest BCUT2D eigenvalue weighted by atomic mass is 9.97. The van der Waals surface area contributed by atoms with Gasteiger partial charge in [0.05, 0.1) is 0 Å². The maximum Gasteiger partial charge on any atom is 0.317 e. The third kappa shape index (κ3) is 7.24. The Hall–Kier alpha value is -1.75. The lowest BCUT2D eigenvalue weighted by Crippen LogP contribution is -2.51. The second-order valence-corrected chi connectivity index (χ2v) is 8.48. The van der Waals surface area contributed by atoms with E-state index in [2.05, 4.69) is 10.6 Å². The Labute approximate surface area is 161 Å². The predicted octanol–water partition coefficient (Wildman–Crippen LogP) is 3.61. The number of urea groups is 1. The van der Waals surface area contributed by atoms with E-state index < -0.39 is 0 Å². The van der Waals surface area contributed by atoms with Gasteiger partial charge < -0.3 is 15.5 Å². The number of aryl methyl sites for hydroxylation is 1. The topological polar surface area (TPSA) is 61.4 Å². The van der Waals surface area contributed by atoms with Crippen molar-refractivity contribution in [1.82, 2.24) is 15.5 Å². The minimum atomic E-state index is -0.217. The molecule has 0 radical (unpaired) electrons. The smallest absolute Gasteiger partial charge is 0.317 e. The Morgan fingerprint density at radius 3 is 2.54 bits per heavy atom. The average molecular weight is 380 g/mol. The number of likely N-dealkylation sites (tertiary alicyclic amines) is 1. The molecule has 144 valence electrons. The summed E-state index contributed by atoms with van der Waals surface area (Å²) >= 11 is 5.96. The monoisotopic (exact) mass is 379 g/mol. The molecule has 2 rings (SSSR count). The summed E-state index contributed by atoms with van der Waals surface area (Å²) in [6.45, 7) is 8.11. The van der Waals surface area contributed by atoms with E-state index in [4.69, 9.17) is 11.6 Å². The van der Waals surface area contributed by atoms with Crippen molar-refractivity contribution in [2.24, 2.45) is 5.92 Å². The number of carbonyl (C=O) groups excluding carboxylic acids is 2. The van der Waals surface area contributed by atoms with Gasteiger partial charge in [0, 0.05) is 36.6 Å². The molecule has 5 nitrogen and oxygen atoms in total. The van der Waals surface area contributed by atoms with Gasteiger partial charge in [-0.05, 0) is 63.6 Å². The first-order chi connectivity index (χ1) is 12.2. The van der Waals surface area contributed by atoms with E-state index in [1.54, 1.807) is 0 Å². The van der Waals surface area contributed by atoms with Gasteiger partial charge in [-0.3, -0.25) is 4.79 Å². The third-order valence-corrected chi connectivity index (χ3v) is 4.74. The molecule has 1 heterocycles. The van der Waals surface area contributed by atoms with Crippen molar-refractivity contribution in [2.75, 3.05) is 19.6 Å². The van der Waals surface area contributed by atoms with Gasteiger partial charge in [0.15, 0.2) is 0 Å². The first kappa shape index (κ1) is 20.6. The van der Waals surface area contributed by atoms with Crippen molar-refractivity contribution >= 4 is 23.5 Å². The fourth-order valence-electron chi connectivity index (χ4n) is 3.04. The maximum atomic E-state index is 12.2. The third-order valence-electron chi connectivity index (χ3n) is 4.50. The molecule has 1 saturated heterocycles. The zero-order valence-electron chi connectivity index (χ0n) is 16.0. The van der Waals surface area contributed by atoms with Gasteiger partial charge in [0.2, 0.25) is 5.91 Å². The molecule has 0 spiro atoms. The van der Waals surface area contributed by atoms with Crippen molar-refractivity contribution in [2.45, 2.75) is 52.0 Å². The van der Waals surface area contributed by atoms with E-state index in [1.165, 1.54) is 0 Å². The van der Waals surface area contributed by atoms with E-state index in [1.807, 2.05) is 49.9 Å². The Balaban J connectivity index is 1.65. The van der Waals surface area contributed by atoms with Crippen LogP contribution in [0, 0.1) is 5.92 Å². The van der Waals surface area contributed by atoms with Crippen molar-refractivity contribution in [3.8, 4) is 0 Å².